The van der Waals surface area contributed by atoms with E-state index in [1.165, 1.54) is 6.21 Å². The van der Waals surface area contributed by atoms with Crippen molar-refractivity contribution in [2.75, 3.05) is 18.4 Å². The molecule has 1 aliphatic heterocycles. The minimum atomic E-state index is -0.515. The van der Waals surface area contributed by atoms with Crippen LogP contribution < -0.4 is 5.32 Å². The first-order chi connectivity index (χ1) is 13.7. The number of amides is 1. The summed E-state index contributed by atoms with van der Waals surface area (Å²) in [6.07, 6.45) is 1.78. The van der Waals surface area contributed by atoms with Crippen LogP contribution in [-0.4, -0.2) is 52.1 Å². The molecule has 156 valence electrons. The maximum Gasteiger partial charge on any atom is 0.410 e. The summed E-state index contributed by atoms with van der Waals surface area (Å²) in [4.78, 5) is 18.5. The maximum atomic E-state index is 12.3. The van der Waals surface area contributed by atoms with Crippen LogP contribution in [0.4, 0.5) is 10.5 Å². The minimum Gasteiger partial charge on any atom is -0.444 e. The number of nitrogens with zero attached hydrogens (tertiary/aromatic N) is 3. The zero-order valence-electron chi connectivity index (χ0n) is 17.7. The number of hydrogen-bond acceptors (Lipinski definition) is 7. The first-order valence-electron chi connectivity index (χ1n) is 9.89. The Balaban J connectivity index is 1.73. The average molecular weight is 399 g/mol. The van der Waals surface area contributed by atoms with Gasteiger partial charge in [0.15, 0.2) is 5.82 Å². The molecule has 3 rings (SSSR count). The van der Waals surface area contributed by atoms with E-state index in [1.807, 2.05) is 52.8 Å². The van der Waals surface area contributed by atoms with E-state index < -0.39 is 5.60 Å². The van der Waals surface area contributed by atoms with Crippen LogP contribution in [0, 0.1) is 5.41 Å². The summed E-state index contributed by atoms with van der Waals surface area (Å²) in [6.45, 7) is 10.8. The molecule has 1 fully saturated rings. The highest BCUT2D eigenvalue weighted by molar-refractivity contribution is 5.87. The molecule has 1 saturated heterocycles. The predicted octanol–water partition coefficient (Wildman–Crippen LogP) is 4.28. The molecule has 2 aromatic rings. The van der Waals surface area contributed by atoms with E-state index in [2.05, 4.69) is 15.5 Å². The van der Waals surface area contributed by atoms with Crippen molar-refractivity contribution in [3.8, 4) is 11.5 Å². The van der Waals surface area contributed by atoms with Crippen LogP contribution in [0.15, 0.2) is 22.7 Å². The molecular weight excluding hydrogens is 370 g/mol. The predicted molar refractivity (Wildman–Crippen MR) is 112 cm³/mol. The van der Waals surface area contributed by atoms with Crippen molar-refractivity contribution < 1.29 is 14.1 Å². The summed E-state index contributed by atoms with van der Waals surface area (Å²) >= 11 is 0. The third kappa shape index (κ3) is 5.13. The molecule has 29 heavy (non-hydrogen) atoms. The number of carbonyl (C=O) groups is 1. The molecule has 1 unspecified atom stereocenters. The fourth-order valence-corrected chi connectivity index (χ4v) is 3.23. The summed E-state index contributed by atoms with van der Waals surface area (Å²) in [6, 6.07) is 5.88. The number of aromatic nitrogens is 2. The lowest BCUT2D eigenvalue weighted by Crippen LogP contribution is -2.35. The average Bonchev–Trinajstić information content (AvgIpc) is 3.29. The molecule has 1 aromatic heterocycles. The van der Waals surface area contributed by atoms with E-state index in [9.17, 15) is 4.79 Å². The van der Waals surface area contributed by atoms with Gasteiger partial charge in [0.2, 0.25) is 0 Å². The second-order valence-corrected chi connectivity index (χ2v) is 8.62. The van der Waals surface area contributed by atoms with Crippen molar-refractivity contribution in [3.05, 3.63) is 29.6 Å². The van der Waals surface area contributed by atoms with Gasteiger partial charge in [-0.05, 0) is 53.2 Å². The number of hydrogen-bond donors (Lipinski definition) is 2. The van der Waals surface area contributed by atoms with E-state index in [0.29, 0.717) is 24.8 Å². The molecule has 1 aromatic carbocycles. The molecule has 0 spiro atoms. The molecule has 8 heteroatoms. The van der Waals surface area contributed by atoms with Crippen LogP contribution in [-0.2, 0) is 4.74 Å². The normalized spacial score (nSPS) is 16.9. The SMILES string of the molecule is CC(C)Nc1cc(-c2nc(C3CCN(C(=O)OC(C)(C)C)C3)no2)ccc1C=N. The summed E-state index contributed by atoms with van der Waals surface area (Å²) < 4.78 is 10.9. The lowest BCUT2D eigenvalue weighted by Gasteiger charge is -2.24. The van der Waals surface area contributed by atoms with Gasteiger partial charge in [-0.3, -0.25) is 0 Å². The monoisotopic (exact) mass is 399 g/mol. The summed E-state index contributed by atoms with van der Waals surface area (Å²) in [5, 5.41) is 15.1. The quantitative estimate of drug-likeness (QED) is 0.727. The molecule has 2 heterocycles. The van der Waals surface area contributed by atoms with E-state index in [-0.39, 0.29) is 18.1 Å². The van der Waals surface area contributed by atoms with Crippen LogP contribution >= 0.6 is 0 Å². The van der Waals surface area contributed by atoms with Crippen LogP contribution in [0.5, 0.6) is 0 Å². The molecule has 0 saturated carbocycles. The Morgan fingerprint density at radius 3 is 2.83 bits per heavy atom. The Hall–Kier alpha value is -2.90. The Morgan fingerprint density at radius 1 is 1.41 bits per heavy atom. The molecule has 1 aliphatic rings. The zero-order chi connectivity index (χ0) is 21.2. The second kappa shape index (κ2) is 8.23. The van der Waals surface area contributed by atoms with Crippen LogP contribution in [0.25, 0.3) is 11.5 Å². The third-order valence-corrected chi connectivity index (χ3v) is 4.55. The molecule has 0 aliphatic carbocycles. The first kappa shape index (κ1) is 20.8. The zero-order valence-corrected chi connectivity index (χ0v) is 17.7. The number of benzene rings is 1. The van der Waals surface area contributed by atoms with Crippen molar-refractivity contribution in [1.82, 2.24) is 15.0 Å². The van der Waals surface area contributed by atoms with Gasteiger partial charge in [-0.2, -0.15) is 4.98 Å². The van der Waals surface area contributed by atoms with E-state index in [1.54, 1.807) is 4.90 Å². The molecule has 1 atom stereocenters. The van der Waals surface area contributed by atoms with Gasteiger partial charge in [-0.15, -0.1) is 0 Å². The second-order valence-electron chi connectivity index (χ2n) is 8.62. The molecule has 0 radical (unpaired) electrons. The number of anilines is 1. The van der Waals surface area contributed by atoms with Crippen molar-refractivity contribution in [3.63, 3.8) is 0 Å². The number of nitrogens with one attached hydrogen (secondary N) is 2. The molecule has 2 N–H and O–H groups in total. The van der Waals surface area contributed by atoms with Crippen molar-refractivity contribution in [2.45, 2.75) is 58.6 Å². The number of ether oxygens (including phenoxy) is 1. The fourth-order valence-electron chi connectivity index (χ4n) is 3.23. The summed E-state index contributed by atoms with van der Waals surface area (Å²) in [7, 11) is 0. The minimum absolute atomic E-state index is 0.0223. The van der Waals surface area contributed by atoms with Gasteiger partial charge in [0.1, 0.15) is 5.60 Å². The van der Waals surface area contributed by atoms with Gasteiger partial charge in [0, 0.05) is 48.1 Å². The highest BCUT2D eigenvalue weighted by Gasteiger charge is 2.33. The van der Waals surface area contributed by atoms with Gasteiger partial charge < -0.3 is 24.9 Å². The highest BCUT2D eigenvalue weighted by atomic mass is 16.6. The smallest absolute Gasteiger partial charge is 0.410 e. The first-order valence-corrected chi connectivity index (χ1v) is 9.89. The van der Waals surface area contributed by atoms with Crippen LogP contribution in [0.3, 0.4) is 0 Å². The van der Waals surface area contributed by atoms with Gasteiger partial charge in [0.25, 0.3) is 5.89 Å². The third-order valence-electron chi connectivity index (χ3n) is 4.55. The standard InChI is InChI=1S/C21H29N5O3/c1-13(2)23-17-10-14(6-7-15(17)11-22)19-24-18(25-29-19)16-8-9-26(12-16)20(27)28-21(3,4)5/h6-7,10-11,13,16,22-23H,8-9,12H2,1-5H3. The van der Waals surface area contributed by atoms with E-state index >= 15 is 0 Å². The van der Waals surface area contributed by atoms with Gasteiger partial charge in [-0.25, -0.2) is 4.79 Å². The largest absolute Gasteiger partial charge is 0.444 e. The lowest BCUT2D eigenvalue weighted by molar-refractivity contribution is 0.0292. The summed E-state index contributed by atoms with van der Waals surface area (Å²) in [5.74, 6) is 1.05. The Morgan fingerprint density at radius 2 is 2.17 bits per heavy atom. The lowest BCUT2D eigenvalue weighted by atomic mass is 10.1. The fraction of sp³-hybridized carbons (Fsp3) is 0.524. The molecular formula is C21H29N5O3. The Bertz CT molecular complexity index is 885. The Kier molecular flexibility index (Phi) is 5.91. The van der Waals surface area contributed by atoms with Crippen LogP contribution in [0.2, 0.25) is 0 Å². The van der Waals surface area contributed by atoms with Crippen molar-refractivity contribution in [1.29, 1.82) is 5.41 Å². The number of likely N-dealkylation sites (tertiary alicyclic amines) is 1. The van der Waals surface area contributed by atoms with E-state index in [4.69, 9.17) is 14.7 Å². The van der Waals surface area contributed by atoms with E-state index in [0.717, 1.165) is 23.2 Å². The summed E-state index contributed by atoms with van der Waals surface area (Å²) in [5.41, 5.74) is 1.92. The molecule has 0 bridgehead atoms. The van der Waals surface area contributed by atoms with Crippen molar-refractivity contribution >= 4 is 18.0 Å². The molecule has 8 nitrogen and oxygen atoms in total. The Labute approximate surface area is 171 Å². The highest BCUT2D eigenvalue weighted by Crippen LogP contribution is 2.30. The van der Waals surface area contributed by atoms with Crippen LogP contribution in [0.1, 0.15) is 58.3 Å². The van der Waals surface area contributed by atoms with Gasteiger partial charge in [0.05, 0.1) is 0 Å². The maximum absolute atomic E-state index is 12.3. The van der Waals surface area contributed by atoms with Gasteiger partial charge in [-0.1, -0.05) is 11.2 Å². The van der Waals surface area contributed by atoms with Crippen molar-refractivity contribution in [2.24, 2.45) is 0 Å². The van der Waals surface area contributed by atoms with Gasteiger partial charge >= 0.3 is 6.09 Å². The number of carbonyl (C=O) groups excluding carboxylic acids is 1. The number of rotatable bonds is 5. The topological polar surface area (TPSA) is 104 Å². The molecule has 1 amide bonds.